The van der Waals surface area contributed by atoms with Gasteiger partial charge in [0.15, 0.2) is 0 Å². The smallest absolute Gasteiger partial charge is 0.122 e. The molecule has 0 bridgehead atoms. The molecule has 25 heavy (non-hydrogen) atoms. The Morgan fingerprint density at radius 1 is 1.04 bits per heavy atom. The molecule has 0 amide bonds. The zero-order valence-corrected chi connectivity index (χ0v) is 17.3. The molecule has 0 aliphatic heterocycles. The largest absolute Gasteiger partial charge is 0.507 e. The standard InChI is InChI=1S/C22H30NOP/c1-7-22(8-2,19-14-10-11-15(3)20(19)24)25-21-16(4)12-9-13-18(21)17(5)23-6/h9-14,24-25H,7-8H2,1-6H3/b23-17+. The predicted octanol–water partition coefficient (Wildman–Crippen LogP) is 5.47. The number of hydrogen-bond acceptors (Lipinski definition) is 2. The molecule has 0 aromatic heterocycles. The fraction of sp³-hybridized carbons (Fsp3) is 0.409. The number of phenolic OH excluding ortho intramolecular Hbond substituents is 1. The highest BCUT2D eigenvalue weighted by atomic mass is 31.1. The van der Waals surface area contributed by atoms with Crippen molar-refractivity contribution in [1.29, 1.82) is 0 Å². The topological polar surface area (TPSA) is 32.6 Å². The van der Waals surface area contributed by atoms with Crippen LogP contribution in [0.15, 0.2) is 41.4 Å². The van der Waals surface area contributed by atoms with Crippen LogP contribution < -0.4 is 5.30 Å². The first-order valence-corrected chi connectivity index (χ1v) is 10.0. The Bertz CT molecular complexity index is 776. The number of phenols is 1. The van der Waals surface area contributed by atoms with E-state index in [0.29, 0.717) is 14.3 Å². The molecule has 1 atom stereocenters. The van der Waals surface area contributed by atoms with E-state index in [1.54, 1.807) is 0 Å². The molecule has 2 nitrogen and oxygen atoms in total. The molecule has 0 spiro atoms. The number of rotatable bonds is 6. The van der Waals surface area contributed by atoms with Gasteiger partial charge in [-0.25, -0.2) is 0 Å². The van der Waals surface area contributed by atoms with Gasteiger partial charge in [0, 0.05) is 29.0 Å². The van der Waals surface area contributed by atoms with Crippen molar-refractivity contribution < 1.29 is 5.11 Å². The Labute approximate surface area is 154 Å². The normalized spacial score (nSPS) is 13.0. The molecule has 0 radical (unpaired) electrons. The quantitative estimate of drug-likeness (QED) is 0.541. The molecule has 0 aliphatic carbocycles. The summed E-state index contributed by atoms with van der Waals surface area (Å²) >= 11 is 0. The van der Waals surface area contributed by atoms with Gasteiger partial charge in [0.1, 0.15) is 5.75 Å². The number of aromatic hydroxyl groups is 1. The Morgan fingerprint density at radius 2 is 1.64 bits per heavy atom. The van der Waals surface area contributed by atoms with E-state index < -0.39 is 0 Å². The van der Waals surface area contributed by atoms with E-state index in [-0.39, 0.29) is 5.16 Å². The highest BCUT2D eigenvalue weighted by molar-refractivity contribution is 7.49. The molecule has 2 aromatic rings. The van der Waals surface area contributed by atoms with Crippen LogP contribution in [0.4, 0.5) is 0 Å². The fourth-order valence-electron chi connectivity index (χ4n) is 3.42. The Kier molecular flexibility index (Phi) is 6.41. The lowest BCUT2D eigenvalue weighted by molar-refractivity contribution is 0.444. The average Bonchev–Trinajstić information content (AvgIpc) is 2.63. The van der Waals surface area contributed by atoms with Crippen molar-refractivity contribution in [3.05, 3.63) is 58.7 Å². The second-order valence-electron chi connectivity index (χ2n) is 6.69. The van der Waals surface area contributed by atoms with Crippen LogP contribution in [-0.2, 0) is 5.16 Å². The first-order chi connectivity index (χ1) is 11.9. The summed E-state index contributed by atoms with van der Waals surface area (Å²) in [6, 6.07) is 12.6. The van der Waals surface area contributed by atoms with Crippen LogP contribution >= 0.6 is 8.58 Å². The minimum Gasteiger partial charge on any atom is -0.507 e. The molecule has 0 fully saturated rings. The van der Waals surface area contributed by atoms with Gasteiger partial charge in [-0.15, -0.1) is 0 Å². The molecule has 3 heteroatoms. The summed E-state index contributed by atoms with van der Waals surface area (Å²) in [7, 11) is 2.44. The maximum Gasteiger partial charge on any atom is 0.122 e. The van der Waals surface area contributed by atoms with Gasteiger partial charge in [0.2, 0.25) is 0 Å². The molecule has 1 unspecified atom stereocenters. The molecule has 0 heterocycles. The molecular formula is C22H30NOP. The maximum absolute atomic E-state index is 10.7. The highest BCUT2D eigenvalue weighted by Crippen LogP contribution is 2.51. The molecule has 2 aromatic carbocycles. The van der Waals surface area contributed by atoms with Crippen molar-refractivity contribution in [2.75, 3.05) is 7.05 Å². The van der Waals surface area contributed by atoms with Crippen LogP contribution in [-0.4, -0.2) is 17.9 Å². The number of hydrogen-bond donors (Lipinski definition) is 1. The van der Waals surface area contributed by atoms with Crippen LogP contribution in [0.5, 0.6) is 5.75 Å². The lowest BCUT2D eigenvalue weighted by atomic mass is 9.90. The molecule has 0 aliphatic rings. The minimum absolute atomic E-state index is 0.0506. The van der Waals surface area contributed by atoms with Gasteiger partial charge < -0.3 is 5.11 Å². The second-order valence-corrected chi connectivity index (χ2v) is 8.40. The molecule has 1 N–H and O–H groups in total. The summed E-state index contributed by atoms with van der Waals surface area (Å²) < 4.78 is 0. The Balaban J connectivity index is 2.64. The van der Waals surface area contributed by atoms with E-state index in [4.69, 9.17) is 0 Å². The van der Waals surface area contributed by atoms with Crippen molar-refractivity contribution in [3.63, 3.8) is 0 Å². The summed E-state index contributed by atoms with van der Waals surface area (Å²) in [6.07, 6.45) is 1.99. The first kappa shape index (κ1) is 19.7. The van der Waals surface area contributed by atoms with Gasteiger partial charge in [-0.05, 0) is 50.0 Å². The maximum atomic E-state index is 10.7. The lowest BCUT2D eigenvalue weighted by Crippen LogP contribution is -2.25. The van der Waals surface area contributed by atoms with E-state index in [1.807, 2.05) is 20.0 Å². The van der Waals surface area contributed by atoms with E-state index in [2.05, 4.69) is 63.0 Å². The van der Waals surface area contributed by atoms with Gasteiger partial charge in [-0.2, -0.15) is 0 Å². The monoisotopic (exact) mass is 355 g/mol. The van der Waals surface area contributed by atoms with Crippen molar-refractivity contribution in [2.24, 2.45) is 4.99 Å². The summed E-state index contributed by atoms with van der Waals surface area (Å²) in [4.78, 5) is 4.42. The third-order valence-electron chi connectivity index (χ3n) is 5.32. The van der Waals surface area contributed by atoms with Crippen molar-refractivity contribution >= 4 is 19.6 Å². The zero-order chi connectivity index (χ0) is 18.6. The minimum atomic E-state index is -0.0506. The summed E-state index contributed by atoms with van der Waals surface area (Å²) in [5.41, 5.74) is 5.64. The number of para-hydroxylation sites is 1. The third-order valence-corrected chi connectivity index (χ3v) is 7.69. The number of aliphatic imine (C=N–C) groups is 1. The van der Waals surface area contributed by atoms with Gasteiger partial charge in [0.05, 0.1) is 0 Å². The highest BCUT2D eigenvalue weighted by Gasteiger charge is 2.33. The summed E-state index contributed by atoms with van der Waals surface area (Å²) in [5.74, 6) is 0.453. The number of aryl methyl sites for hydroxylation is 2. The van der Waals surface area contributed by atoms with Gasteiger partial charge >= 0.3 is 0 Å². The number of nitrogens with zero attached hydrogens (tertiary/aromatic N) is 1. The predicted molar refractivity (Wildman–Crippen MR) is 112 cm³/mol. The second kappa shape index (κ2) is 8.15. The summed E-state index contributed by atoms with van der Waals surface area (Å²) in [6.45, 7) is 10.7. The molecule has 0 saturated heterocycles. The van der Waals surface area contributed by atoms with Crippen LogP contribution in [0.2, 0.25) is 0 Å². The first-order valence-electron chi connectivity index (χ1n) is 9.00. The molecule has 134 valence electrons. The summed E-state index contributed by atoms with van der Waals surface area (Å²) in [5, 5.41) is 12.1. The third kappa shape index (κ3) is 3.80. The molecular weight excluding hydrogens is 325 g/mol. The van der Waals surface area contributed by atoms with E-state index >= 15 is 0 Å². The van der Waals surface area contributed by atoms with Crippen LogP contribution in [0.25, 0.3) is 0 Å². The SMILES string of the molecule is CCC(CC)(Pc1c(C)cccc1/C(C)=N/C)c1cccc(C)c1O. The lowest BCUT2D eigenvalue weighted by Gasteiger charge is -2.35. The Morgan fingerprint density at radius 3 is 2.24 bits per heavy atom. The number of benzene rings is 2. The molecule has 2 rings (SSSR count). The van der Waals surface area contributed by atoms with Gasteiger partial charge in [-0.1, -0.05) is 58.8 Å². The van der Waals surface area contributed by atoms with Crippen molar-refractivity contribution in [3.8, 4) is 5.75 Å². The van der Waals surface area contributed by atoms with E-state index in [0.717, 1.165) is 29.7 Å². The zero-order valence-electron chi connectivity index (χ0n) is 16.3. The van der Waals surface area contributed by atoms with Crippen molar-refractivity contribution in [2.45, 2.75) is 52.6 Å². The van der Waals surface area contributed by atoms with Crippen LogP contribution in [0.1, 0.15) is 55.9 Å². The van der Waals surface area contributed by atoms with E-state index in [1.165, 1.54) is 16.4 Å². The Hall–Kier alpha value is -1.66. The van der Waals surface area contributed by atoms with Gasteiger partial charge in [-0.3, -0.25) is 4.99 Å². The van der Waals surface area contributed by atoms with E-state index in [9.17, 15) is 5.11 Å². The van der Waals surface area contributed by atoms with Crippen LogP contribution in [0, 0.1) is 13.8 Å². The fourth-order valence-corrected chi connectivity index (χ4v) is 5.26. The van der Waals surface area contributed by atoms with Crippen LogP contribution in [0.3, 0.4) is 0 Å². The molecule has 0 saturated carbocycles. The van der Waals surface area contributed by atoms with Crippen molar-refractivity contribution in [1.82, 2.24) is 0 Å². The average molecular weight is 355 g/mol. The van der Waals surface area contributed by atoms with Gasteiger partial charge in [0.25, 0.3) is 0 Å².